The van der Waals surface area contributed by atoms with Crippen LogP contribution in [-0.2, 0) is 9.59 Å². The Hall–Kier alpha value is -3.09. The third-order valence-electron chi connectivity index (χ3n) is 2.82. The van der Waals surface area contributed by atoms with E-state index in [1.54, 1.807) is 24.5 Å². The number of rotatable bonds is 6. The molecule has 0 aliphatic heterocycles. The third kappa shape index (κ3) is 6.04. The number of carbonyl (C=O) groups excluding carboxylic acids is 2. The lowest BCUT2D eigenvalue weighted by molar-refractivity contribution is -0.124. The molecule has 0 unspecified atom stereocenters. The van der Waals surface area contributed by atoms with Crippen molar-refractivity contribution in [1.82, 2.24) is 10.4 Å². The van der Waals surface area contributed by atoms with E-state index in [0.717, 1.165) is 5.56 Å². The molecule has 0 fully saturated rings. The molecule has 2 rings (SSSR count). The van der Waals surface area contributed by atoms with Gasteiger partial charge in [-0.25, -0.2) is 9.82 Å². The minimum atomic E-state index is -0.380. The molecule has 0 saturated heterocycles. The third-order valence-corrected chi connectivity index (χ3v) is 2.82. The van der Waals surface area contributed by atoms with Crippen molar-refractivity contribution in [2.24, 2.45) is 5.10 Å². The fourth-order valence-electron chi connectivity index (χ4n) is 1.67. The Bertz CT molecular complexity index is 687. The molecule has 1 aromatic carbocycles. The van der Waals surface area contributed by atoms with E-state index >= 15 is 0 Å². The molecule has 118 valence electrons. The quantitative estimate of drug-likeness (QED) is 0.632. The Labute approximate surface area is 132 Å². The van der Waals surface area contributed by atoms with Gasteiger partial charge in [-0.1, -0.05) is 0 Å². The summed E-state index contributed by atoms with van der Waals surface area (Å²) in [6.07, 6.45) is 4.72. The van der Waals surface area contributed by atoms with Crippen molar-refractivity contribution < 1.29 is 14.0 Å². The average Bonchev–Trinajstić information content (AvgIpc) is 2.56. The van der Waals surface area contributed by atoms with E-state index in [1.807, 2.05) is 0 Å². The minimum Gasteiger partial charge on any atom is -0.326 e. The van der Waals surface area contributed by atoms with E-state index in [4.69, 9.17) is 0 Å². The number of nitrogens with one attached hydrogen (secondary N) is 2. The Morgan fingerprint density at radius 1 is 1.04 bits per heavy atom. The van der Waals surface area contributed by atoms with Crippen LogP contribution in [0.25, 0.3) is 0 Å². The largest absolute Gasteiger partial charge is 0.326 e. The zero-order chi connectivity index (χ0) is 16.5. The predicted octanol–water partition coefficient (Wildman–Crippen LogP) is 2.09. The van der Waals surface area contributed by atoms with Gasteiger partial charge in [0.05, 0.1) is 6.21 Å². The summed E-state index contributed by atoms with van der Waals surface area (Å²) < 4.78 is 12.7. The number of nitrogens with zero attached hydrogens (tertiary/aromatic N) is 2. The summed E-state index contributed by atoms with van der Waals surface area (Å²) in [6.45, 7) is 0. The SMILES string of the molecule is O=C(CCC(=O)Nc1ccc(F)cc1)N/N=C/c1ccncc1. The molecule has 0 atom stereocenters. The van der Waals surface area contributed by atoms with Crippen LogP contribution >= 0.6 is 0 Å². The molecule has 0 bridgehead atoms. The Morgan fingerprint density at radius 2 is 1.70 bits per heavy atom. The van der Waals surface area contributed by atoms with Crippen molar-refractivity contribution in [3.63, 3.8) is 0 Å². The predicted molar refractivity (Wildman–Crippen MR) is 84.2 cm³/mol. The molecule has 1 aromatic heterocycles. The molecule has 0 spiro atoms. The van der Waals surface area contributed by atoms with Gasteiger partial charge in [-0.15, -0.1) is 0 Å². The zero-order valence-corrected chi connectivity index (χ0v) is 12.2. The first-order valence-corrected chi connectivity index (χ1v) is 6.91. The maximum atomic E-state index is 12.7. The van der Waals surface area contributed by atoms with Crippen LogP contribution < -0.4 is 10.7 Å². The van der Waals surface area contributed by atoms with Crippen LogP contribution in [0.4, 0.5) is 10.1 Å². The van der Waals surface area contributed by atoms with Gasteiger partial charge in [0.15, 0.2) is 0 Å². The molecule has 2 aromatic rings. The summed E-state index contributed by atoms with van der Waals surface area (Å²) in [5.41, 5.74) is 3.62. The fourth-order valence-corrected chi connectivity index (χ4v) is 1.67. The molecular weight excluding hydrogens is 299 g/mol. The lowest BCUT2D eigenvalue weighted by atomic mass is 10.2. The molecule has 0 radical (unpaired) electrons. The first-order chi connectivity index (χ1) is 11.1. The van der Waals surface area contributed by atoms with Crippen molar-refractivity contribution in [3.8, 4) is 0 Å². The van der Waals surface area contributed by atoms with Crippen LogP contribution in [0.5, 0.6) is 0 Å². The second kappa shape index (κ2) is 8.38. The number of pyridine rings is 1. The zero-order valence-electron chi connectivity index (χ0n) is 12.2. The van der Waals surface area contributed by atoms with Crippen LogP contribution in [0, 0.1) is 5.82 Å². The average molecular weight is 314 g/mol. The molecule has 0 aliphatic rings. The van der Waals surface area contributed by atoms with Crippen molar-refractivity contribution >= 4 is 23.7 Å². The minimum absolute atomic E-state index is 0.000708. The second-order valence-corrected chi connectivity index (χ2v) is 4.63. The number of anilines is 1. The van der Waals surface area contributed by atoms with Gasteiger partial charge in [0.25, 0.3) is 0 Å². The van der Waals surface area contributed by atoms with E-state index in [-0.39, 0.29) is 30.5 Å². The molecule has 1 heterocycles. The number of benzene rings is 1. The van der Waals surface area contributed by atoms with E-state index in [2.05, 4.69) is 20.8 Å². The van der Waals surface area contributed by atoms with E-state index in [0.29, 0.717) is 5.69 Å². The standard InChI is InChI=1S/C16H15FN4O2/c17-13-1-3-14(4-2-13)20-15(22)5-6-16(23)21-19-11-12-7-9-18-10-8-12/h1-4,7-11H,5-6H2,(H,20,22)(H,21,23)/b19-11+. The maximum Gasteiger partial charge on any atom is 0.240 e. The normalized spacial score (nSPS) is 10.5. The number of aromatic nitrogens is 1. The lowest BCUT2D eigenvalue weighted by Crippen LogP contribution is -2.20. The summed E-state index contributed by atoms with van der Waals surface area (Å²) in [7, 11) is 0. The fraction of sp³-hybridized carbons (Fsp3) is 0.125. The molecule has 7 heteroatoms. The molecule has 2 N–H and O–H groups in total. The molecule has 23 heavy (non-hydrogen) atoms. The van der Waals surface area contributed by atoms with Crippen LogP contribution in [0.3, 0.4) is 0 Å². The first kappa shape index (κ1) is 16.3. The molecule has 6 nitrogen and oxygen atoms in total. The summed E-state index contributed by atoms with van der Waals surface area (Å²) in [5, 5.41) is 6.36. The van der Waals surface area contributed by atoms with Crippen molar-refractivity contribution in [1.29, 1.82) is 0 Å². The van der Waals surface area contributed by atoms with E-state index < -0.39 is 0 Å². The molecular formula is C16H15FN4O2. The van der Waals surface area contributed by atoms with Gasteiger partial charge < -0.3 is 5.32 Å². The topological polar surface area (TPSA) is 83.5 Å². The Balaban J connectivity index is 1.70. The summed E-state index contributed by atoms with van der Waals surface area (Å²) in [6, 6.07) is 8.88. The Kier molecular flexibility index (Phi) is 5.93. The second-order valence-electron chi connectivity index (χ2n) is 4.63. The number of hydrogen-bond donors (Lipinski definition) is 2. The van der Waals surface area contributed by atoms with Gasteiger partial charge in [-0.05, 0) is 42.0 Å². The van der Waals surface area contributed by atoms with Crippen molar-refractivity contribution in [2.75, 3.05) is 5.32 Å². The van der Waals surface area contributed by atoms with E-state index in [9.17, 15) is 14.0 Å². The van der Waals surface area contributed by atoms with Gasteiger partial charge in [-0.3, -0.25) is 14.6 Å². The van der Waals surface area contributed by atoms with Gasteiger partial charge in [0.1, 0.15) is 5.82 Å². The van der Waals surface area contributed by atoms with Crippen molar-refractivity contribution in [3.05, 3.63) is 60.2 Å². The van der Waals surface area contributed by atoms with Gasteiger partial charge in [-0.2, -0.15) is 5.10 Å². The number of hydrogen-bond acceptors (Lipinski definition) is 4. The monoisotopic (exact) mass is 314 g/mol. The number of amides is 2. The van der Waals surface area contributed by atoms with Gasteiger partial charge in [0.2, 0.25) is 11.8 Å². The molecule has 0 saturated carbocycles. The van der Waals surface area contributed by atoms with E-state index in [1.165, 1.54) is 30.5 Å². The van der Waals surface area contributed by atoms with Gasteiger partial charge in [0, 0.05) is 30.9 Å². The smallest absolute Gasteiger partial charge is 0.240 e. The number of hydrazone groups is 1. The number of carbonyl (C=O) groups is 2. The lowest BCUT2D eigenvalue weighted by Gasteiger charge is -2.04. The van der Waals surface area contributed by atoms with Gasteiger partial charge >= 0.3 is 0 Å². The summed E-state index contributed by atoms with van der Waals surface area (Å²) >= 11 is 0. The van der Waals surface area contributed by atoms with Crippen LogP contribution in [-0.4, -0.2) is 23.0 Å². The van der Waals surface area contributed by atoms with Crippen LogP contribution in [0.2, 0.25) is 0 Å². The van der Waals surface area contributed by atoms with Crippen LogP contribution in [0.15, 0.2) is 53.9 Å². The van der Waals surface area contributed by atoms with Crippen molar-refractivity contribution in [2.45, 2.75) is 12.8 Å². The molecule has 0 aliphatic carbocycles. The highest BCUT2D eigenvalue weighted by atomic mass is 19.1. The Morgan fingerprint density at radius 3 is 2.39 bits per heavy atom. The number of halogens is 1. The maximum absolute atomic E-state index is 12.7. The first-order valence-electron chi connectivity index (χ1n) is 6.91. The highest BCUT2D eigenvalue weighted by Crippen LogP contribution is 2.08. The summed E-state index contributed by atoms with van der Waals surface area (Å²) in [5.74, 6) is -1.08. The highest BCUT2D eigenvalue weighted by molar-refractivity contribution is 5.93. The molecule has 2 amide bonds. The summed E-state index contributed by atoms with van der Waals surface area (Å²) in [4.78, 5) is 27.1. The van der Waals surface area contributed by atoms with Crippen LogP contribution in [0.1, 0.15) is 18.4 Å². The highest BCUT2D eigenvalue weighted by Gasteiger charge is 2.06.